The molecule has 2 aromatic rings. The molecule has 0 bridgehead atoms. The lowest BCUT2D eigenvalue weighted by atomic mass is 10.1. The molecule has 1 aliphatic heterocycles. The summed E-state index contributed by atoms with van der Waals surface area (Å²) >= 11 is 0.887. The Bertz CT molecular complexity index is 981. The Balaban J connectivity index is 1.72. The third kappa shape index (κ3) is 4.51. The van der Waals surface area contributed by atoms with E-state index in [2.05, 4.69) is 0 Å². The van der Waals surface area contributed by atoms with Crippen LogP contribution < -0.4 is 0 Å². The number of rotatable bonds is 5. The van der Waals surface area contributed by atoms with Crippen LogP contribution in [0, 0.1) is 17.0 Å². The first-order valence-corrected chi connectivity index (χ1v) is 8.98. The van der Waals surface area contributed by atoms with E-state index in [-0.39, 0.29) is 23.4 Å². The molecule has 1 aliphatic rings. The summed E-state index contributed by atoms with van der Waals surface area (Å²) in [6.45, 7) is 2.19. The van der Waals surface area contributed by atoms with Gasteiger partial charge in [0.2, 0.25) is 0 Å². The van der Waals surface area contributed by atoms with Crippen molar-refractivity contribution in [3.8, 4) is 0 Å². The molecule has 1 fully saturated rings. The van der Waals surface area contributed by atoms with E-state index >= 15 is 0 Å². The van der Waals surface area contributed by atoms with Crippen LogP contribution in [0.1, 0.15) is 16.7 Å². The van der Waals surface area contributed by atoms with Gasteiger partial charge in [-0.1, -0.05) is 54.1 Å². The van der Waals surface area contributed by atoms with E-state index in [1.807, 2.05) is 31.2 Å². The van der Waals surface area contributed by atoms with Crippen LogP contribution in [0.2, 0.25) is 0 Å². The molecule has 136 valence electrons. The smallest absolute Gasteiger partial charge is 0.268 e. The number of carbonyl (C=O) groups is 2. The minimum atomic E-state index is -0.464. The molecular formula is C20H16N2O4S. The van der Waals surface area contributed by atoms with E-state index < -0.39 is 4.92 Å². The highest BCUT2D eigenvalue weighted by molar-refractivity contribution is 8.18. The van der Waals surface area contributed by atoms with E-state index in [0.29, 0.717) is 10.5 Å². The summed E-state index contributed by atoms with van der Waals surface area (Å²) in [5.74, 6) is -0.338. The molecule has 0 saturated carbocycles. The molecule has 0 radical (unpaired) electrons. The van der Waals surface area contributed by atoms with Crippen molar-refractivity contribution in [1.82, 2.24) is 4.90 Å². The van der Waals surface area contributed by atoms with Gasteiger partial charge in [-0.3, -0.25) is 24.6 Å². The van der Waals surface area contributed by atoms with Crippen molar-refractivity contribution in [2.45, 2.75) is 13.5 Å². The Labute approximate surface area is 160 Å². The largest absolute Gasteiger partial charge is 0.293 e. The summed E-state index contributed by atoms with van der Waals surface area (Å²) in [4.78, 5) is 36.5. The van der Waals surface area contributed by atoms with Crippen LogP contribution in [0.25, 0.3) is 6.08 Å². The number of hydrogen-bond acceptors (Lipinski definition) is 5. The Hall–Kier alpha value is -3.19. The standard InChI is InChI=1S/C20H16N2O4S/c1-14-5-2-8-16(11-14)13-21-19(23)18(27-20(21)24)10-4-7-15-6-3-9-17(12-15)22(25)26/h2-12H,13H2,1H3/b7-4+,18-10-. The lowest BCUT2D eigenvalue weighted by Gasteiger charge is -2.12. The van der Waals surface area contributed by atoms with E-state index in [4.69, 9.17) is 0 Å². The number of non-ortho nitro benzene ring substituents is 1. The third-order valence-electron chi connectivity index (χ3n) is 3.91. The maximum atomic E-state index is 12.5. The van der Waals surface area contributed by atoms with Crippen LogP contribution in [0.5, 0.6) is 0 Å². The van der Waals surface area contributed by atoms with Crippen molar-refractivity contribution >= 4 is 34.7 Å². The second-order valence-electron chi connectivity index (χ2n) is 5.99. The van der Waals surface area contributed by atoms with Crippen LogP contribution in [-0.4, -0.2) is 21.0 Å². The number of hydrogen-bond donors (Lipinski definition) is 0. The monoisotopic (exact) mass is 380 g/mol. The molecule has 0 aromatic heterocycles. The highest BCUT2D eigenvalue weighted by atomic mass is 32.2. The maximum Gasteiger partial charge on any atom is 0.293 e. The lowest BCUT2D eigenvalue weighted by molar-refractivity contribution is -0.384. The summed E-state index contributed by atoms with van der Waals surface area (Å²) in [6.07, 6.45) is 4.82. The number of allylic oxidation sites excluding steroid dienone is 2. The highest BCUT2D eigenvalue weighted by Gasteiger charge is 2.34. The van der Waals surface area contributed by atoms with Crippen LogP contribution in [0.15, 0.2) is 65.6 Å². The molecule has 1 heterocycles. The zero-order chi connectivity index (χ0) is 19.4. The van der Waals surface area contributed by atoms with Gasteiger partial charge in [0.05, 0.1) is 16.4 Å². The number of imide groups is 1. The predicted octanol–water partition coefficient (Wildman–Crippen LogP) is 4.70. The Morgan fingerprint density at radius 2 is 1.93 bits per heavy atom. The average molecular weight is 380 g/mol. The average Bonchev–Trinajstić information content (AvgIpc) is 2.90. The number of thioether (sulfide) groups is 1. The van der Waals surface area contributed by atoms with Crippen molar-refractivity contribution in [2.24, 2.45) is 0 Å². The van der Waals surface area contributed by atoms with Gasteiger partial charge in [-0.25, -0.2) is 0 Å². The minimum Gasteiger partial charge on any atom is -0.268 e. The lowest BCUT2D eigenvalue weighted by Crippen LogP contribution is -2.27. The van der Waals surface area contributed by atoms with E-state index in [1.54, 1.807) is 30.4 Å². The van der Waals surface area contributed by atoms with Gasteiger partial charge < -0.3 is 0 Å². The van der Waals surface area contributed by atoms with E-state index in [0.717, 1.165) is 22.9 Å². The molecule has 0 spiro atoms. The van der Waals surface area contributed by atoms with Gasteiger partial charge in [0.1, 0.15) is 0 Å². The van der Waals surface area contributed by atoms with Gasteiger partial charge in [-0.05, 0) is 35.9 Å². The predicted molar refractivity (Wildman–Crippen MR) is 105 cm³/mol. The second kappa shape index (κ2) is 8.01. The minimum absolute atomic E-state index is 0.00405. The molecule has 2 amide bonds. The number of nitro benzene ring substituents is 1. The number of aryl methyl sites for hydroxylation is 1. The molecule has 2 aromatic carbocycles. The normalized spacial score (nSPS) is 15.9. The zero-order valence-corrected chi connectivity index (χ0v) is 15.3. The van der Waals surface area contributed by atoms with Crippen LogP contribution in [0.3, 0.4) is 0 Å². The van der Waals surface area contributed by atoms with Crippen molar-refractivity contribution in [3.05, 3.63) is 92.4 Å². The van der Waals surface area contributed by atoms with Crippen LogP contribution in [-0.2, 0) is 11.3 Å². The number of amides is 2. The van der Waals surface area contributed by atoms with Crippen molar-refractivity contribution in [2.75, 3.05) is 0 Å². The molecule has 3 rings (SSSR count). The number of nitrogens with zero attached hydrogens (tertiary/aromatic N) is 2. The van der Waals surface area contributed by atoms with Crippen molar-refractivity contribution in [1.29, 1.82) is 0 Å². The Kier molecular flexibility index (Phi) is 5.52. The molecule has 27 heavy (non-hydrogen) atoms. The van der Waals surface area contributed by atoms with Crippen LogP contribution >= 0.6 is 11.8 Å². The van der Waals surface area contributed by atoms with E-state index in [9.17, 15) is 19.7 Å². The molecule has 0 aliphatic carbocycles. The first kappa shape index (κ1) is 18.6. The summed E-state index contributed by atoms with van der Waals surface area (Å²) in [5.41, 5.74) is 2.59. The second-order valence-corrected chi connectivity index (χ2v) is 6.98. The van der Waals surface area contributed by atoms with Gasteiger partial charge in [0.25, 0.3) is 16.8 Å². The molecule has 7 heteroatoms. The van der Waals surface area contributed by atoms with Gasteiger partial charge in [0.15, 0.2) is 0 Å². The summed E-state index contributed by atoms with van der Waals surface area (Å²) in [5, 5.41) is 10.5. The fourth-order valence-electron chi connectivity index (χ4n) is 2.63. The van der Waals surface area contributed by atoms with Gasteiger partial charge >= 0.3 is 0 Å². The molecule has 6 nitrogen and oxygen atoms in total. The Morgan fingerprint density at radius 1 is 1.15 bits per heavy atom. The third-order valence-corrected chi connectivity index (χ3v) is 4.84. The SMILES string of the molecule is Cc1cccc(CN2C(=O)S/C(=C\C=C\c3cccc([N+](=O)[O-])c3)C2=O)c1. The number of benzene rings is 2. The number of carbonyl (C=O) groups excluding carboxylic acids is 2. The quantitative estimate of drug-likeness (QED) is 0.427. The van der Waals surface area contributed by atoms with E-state index in [1.165, 1.54) is 17.0 Å². The Morgan fingerprint density at radius 3 is 2.67 bits per heavy atom. The molecular weight excluding hydrogens is 364 g/mol. The number of nitro groups is 1. The zero-order valence-electron chi connectivity index (χ0n) is 14.5. The molecule has 0 N–H and O–H groups in total. The van der Waals surface area contributed by atoms with Gasteiger partial charge in [-0.15, -0.1) is 0 Å². The summed E-state index contributed by atoms with van der Waals surface area (Å²) in [7, 11) is 0. The molecule has 0 atom stereocenters. The maximum absolute atomic E-state index is 12.5. The fourth-order valence-corrected chi connectivity index (χ4v) is 3.42. The summed E-state index contributed by atoms with van der Waals surface area (Å²) in [6, 6.07) is 13.8. The topological polar surface area (TPSA) is 80.5 Å². The first-order chi connectivity index (χ1) is 12.9. The van der Waals surface area contributed by atoms with Crippen LogP contribution in [0.4, 0.5) is 10.5 Å². The molecule has 0 unspecified atom stereocenters. The van der Waals surface area contributed by atoms with Gasteiger partial charge in [0, 0.05) is 12.1 Å². The summed E-state index contributed by atoms with van der Waals surface area (Å²) < 4.78 is 0. The van der Waals surface area contributed by atoms with Gasteiger partial charge in [-0.2, -0.15) is 0 Å². The van der Waals surface area contributed by atoms with Crippen molar-refractivity contribution in [3.63, 3.8) is 0 Å². The highest BCUT2D eigenvalue weighted by Crippen LogP contribution is 2.32. The molecule has 1 saturated heterocycles. The fraction of sp³-hybridized carbons (Fsp3) is 0.100. The van der Waals surface area contributed by atoms with Crippen molar-refractivity contribution < 1.29 is 14.5 Å². The first-order valence-electron chi connectivity index (χ1n) is 8.16.